The van der Waals surface area contributed by atoms with Crippen molar-refractivity contribution in [3.05, 3.63) is 34.9 Å². The predicted molar refractivity (Wildman–Crippen MR) is 81.2 cm³/mol. The summed E-state index contributed by atoms with van der Waals surface area (Å²) in [6.07, 6.45) is 4.32. The van der Waals surface area contributed by atoms with Gasteiger partial charge in [0.1, 0.15) is 0 Å². The zero-order valence-corrected chi connectivity index (χ0v) is 12.8. The average molecular weight is 271 g/mol. The van der Waals surface area contributed by atoms with Crippen LogP contribution in [-0.4, -0.2) is 5.11 Å². The van der Waals surface area contributed by atoms with Gasteiger partial charge in [0.2, 0.25) is 0 Å². The summed E-state index contributed by atoms with van der Waals surface area (Å²) in [6, 6.07) is 8.52. The predicted octanol–water partition coefficient (Wildman–Crippen LogP) is 4.45. The van der Waals surface area contributed by atoms with Gasteiger partial charge < -0.3 is 5.11 Å². The monoisotopic (exact) mass is 271 g/mol. The Hall–Kier alpha value is -1.33. The molecule has 3 unspecified atom stereocenters. The van der Waals surface area contributed by atoms with E-state index in [2.05, 4.69) is 26.8 Å². The number of hydrogen-bond acceptors (Lipinski definition) is 2. The minimum absolute atomic E-state index is 0.574. The highest BCUT2D eigenvalue weighted by Crippen LogP contribution is 2.48. The van der Waals surface area contributed by atoms with E-state index in [0.29, 0.717) is 5.92 Å². The Balaban J connectivity index is 2.30. The molecule has 1 aliphatic rings. The molecule has 0 aromatic heterocycles. The van der Waals surface area contributed by atoms with E-state index in [1.807, 2.05) is 18.2 Å². The van der Waals surface area contributed by atoms with Crippen LogP contribution in [0.3, 0.4) is 0 Å². The zero-order valence-electron chi connectivity index (χ0n) is 12.8. The van der Waals surface area contributed by atoms with Crippen LogP contribution < -0.4 is 0 Å². The number of aliphatic hydroxyl groups excluding tert-OH is 1. The quantitative estimate of drug-likeness (QED) is 0.882. The van der Waals surface area contributed by atoms with Crippen molar-refractivity contribution < 1.29 is 5.11 Å². The Morgan fingerprint density at radius 1 is 1.40 bits per heavy atom. The lowest BCUT2D eigenvalue weighted by Gasteiger charge is -2.39. The maximum atomic E-state index is 10.8. The van der Waals surface area contributed by atoms with Gasteiger partial charge in [0.05, 0.1) is 17.6 Å². The summed E-state index contributed by atoms with van der Waals surface area (Å²) < 4.78 is 0. The van der Waals surface area contributed by atoms with Crippen LogP contribution in [-0.2, 0) is 0 Å². The summed E-state index contributed by atoms with van der Waals surface area (Å²) in [4.78, 5) is 0. The van der Waals surface area contributed by atoms with Crippen LogP contribution in [0.2, 0.25) is 0 Å². The van der Waals surface area contributed by atoms with Crippen LogP contribution in [0.1, 0.15) is 61.8 Å². The lowest BCUT2D eigenvalue weighted by molar-refractivity contribution is 0.0185. The van der Waals surface area contributed by atoms with Crippen LogP contribution in [0.5, 0.6) is 0 Å². The van der Waals surface area contributed by atoms with Gasteiger partial charge >= 0.3 is 0 Å². The van der Waals surface area contributed by atoms with Crippen LogP contribution >= 0.6 is 0 Å². The Morgan fingerprint density at radius 2 is 2.15 bits per heavy atom. The van der Waals surface area contributed by atoms with Gasteiger partial charge in [0.25, 0.3) is 0 Å². The van der Waals surface area contributed by atoms with E-state index < -0.39 is 11.5 Å². The van der Waals surface area contributed by atoms with Crippen molar-refractivity contribution in [3.8, 4) is 6.07 Å². The second kappa shape index (κ2) is 5.97. The topological polar surface area (TPSA) is 44.0 Å². The second-order valence-corrected chi connectivity index (χ2v) is 6.38. The van der Waals surface area contributed by atoms with E-state index in [9.17, 15) is 10.4 Å². The lowest BCUT2D eigenvalue weighted by Crippen LogP contribution is -2.33. The van der Waals surface area contributed by atoms with Crippen molar-refractivity contribution in [1.29, 1.82) is 5.26 Å². The van der Waals surface area contributed by atoms with E-state index in [1.165, 1.54) is 17.5 Å². The van der Waals surface area contributed by atoms with Crippen molar-refractivity contribution in [3.63, 3.8) is 0 Å². The van der Waals surface area contributed by atoms with Crippen LogP contribution in [0.4, 0.5) is 0 Å². The number of aryl methyl sites for hydroxylation is 2. The van der Waals surface area contributed by atoms with Gasteiger partial charge in [-0.25, -0.2) is 0 Å². The fourth-order valence-corrected chi connectivity index (χ4v) is 3.44. The van der Waals surface area contributed by atoms with Gasteiger partial charge in [-0.3, -0.25) is 0 Å². The minimum atomic E-state index is -0.666. The summed E-state index contributed by atoms with van der Waals surface area (Å²) in [5.74, 6) is 0.574. The molecular formula is C18H25NO. The highest BCUT2D eigenvalue weighted by molar-refractivity contribution is 5.33. The first-order valence-electron chi connectivity index (χ1n) is 7.69. The third-order valence-electron chi connectivity index (χ3n) is 5.06. The molecule has 0 radical (unpaired) electrons. The summed E-state index contributed by atoms with van der Waals surface area (Å²) in [5.41, 5.74) is 2.70. The summed E-state index contributed by atoms with van der Waals surface area (Å²) in [6.45, 7) is 6.31. The van der Waals surface area contributed by atoms with E-state index in [4.69, 9.17) is 0 Å². The average Bonchev–Trinajstić information content (AvgIpc) is 2.49. The number of nitrogens with zero attached hydrogens (tertiary/aromatic N) is 1. The molecule has 0 heterocycles. The van der Waals surface area contributed by atoms with E-state index in [0.717, 1.165) is 31.2 Å². The largest absolute Gasteiger partial charge is 0.387 e. The number of nitriles is 1. The molecule has 1 fully saturated rings. The fraction of sp³-hybridized carbons (Fsp3) is 0.611. The maximum Gasteiger partial charge on any atom is 0.0976 e. The molecule has 0 spiro atoms. The second-order valence-electron chi connectivity index (χ2n) is 6.38. The van der Waals surface area contributed by atoms with Crippen LogP contribution in [0.15, 0.2) is 18.2 Å². The lowest BCUT2D eigenvalue weighted by atomic mass is 9.65. The Bertz CT molecular complexity index is 517. The molecule has 108 valence electrons. The van der Waals surface area contributed by atoms with Crippen LogP contribution in [0, 0.1) is 36.5 Å². The first kappa shape index (κ1) is 15.1. The molecular weight excluding hydrogens is 246 g/mol. The maximum absolute atomic E-state index is 10.8. The molecule has 20 heavy (non-hydrogen) atoms. The van der Waals surface area contributed by atoms with Crippen molar-refractivity contribution >= 4 is 0 Å². The molecule has 2 nitrogen and oxygen atoms in total. The van der Waals surface area contributed by atoms with E-state index >= 15 is 0 Å². The molecule has 0 aliphatic heterocycles. The number of aliphatic hydroxyl groups is 1. The summed E-state index contributed by atoms with van der Waals surface area (Å²) >= 11 is 0. The standard InChI is InChI=1S/C18H25NO/c1-4-15-6-5-9-18(11-15,12-19)17(20)16-8-7-13(2)14(3)10-16/h7-8,10,15,17,20H,4-6,9,11H2,1-3H3. The third-order valence-corrected chi connectivity index (χ3v) is 5.06. The van der Waals surface area contributed by atoms with Gasteiger partial charge in [0, 0.05) is 0 Å². The van der Waals surface area contributed by atoms with Gasteiger partial charge in [-0.15, -0.1) is 0 Å². The molecule has 3 atom stereocenters. The smallest absolute Gasteiger partial charge is 0.0976 e. The number of benzene rings is 1. The van der Waals surface area contributed by atoms with Crippen LogP contribution in [0.25, 0.3) is 0 Å². The molecule has 1 N–H and O–H groups in total. The molecule has 2 rings (SSSR count). The van der Waals surface area contributed by atoms with E-state index in [-0.39, 0.29) is 0 Å². The van der Waals surface area contributed by atoms with E-state index in [1.54, 1.807) is 0 Å². The molecule has 1 aromatic rings. The van der Waals surface area contributed by atoms with Gasteiger partial charge in [-0.2, -0.15) is 5.26 Å². The van der Waals surface area contributed by atoms with Crippen molar-refractivity contribution in [1.82, 2.24) is 0 Å². The normalized spacial score (nSPS) is 27.9. The molecule has 2 heteroatoms. The SMILES string of the molecule is CCC1CCCC(C#N)(C(O)c2ccc(C)c(C)c2)C1. The Morgan fingerprint density at radius 3 is 2.75 bits per heavy atom. The zero-order chi connectivity index (χ0) is 14.8. The Kier molecular flexibility index (Phi) is 4.50. The third kappa shape index (κ3) is 2.74. The number of rotatable bonds is 3. The molecule has 0 amide bonds. The minimum Gasteiger partial charge on any atom is -0.387 e. The highest BCUT2D eigenvalue weighted by atomic mass is 16.3. The van der Waals surface area contributed by atoms with Crippen molar-refractivity contribution in [2.45, 2.75) is 59.0 Å². The summed E-state index contributed by atoms with van der Waals surface area (Å²) in [5, 5.41) is 20.5. The van der Waals surface area contributed by atoms with Crippen molar-refractivity contribution in [2.24, 2.45) is 11.3 Å². The highest BCUT2D eigenvalue weighted by Gasteiger charge is 2.42. The molecule has 0 saturated heterocycles. The Labute approximate surface area is 122 Å². The molecule has 1 aromatic carbocycles. The first-order chi connectivity index (χ1) is 9.52. The van der Waals surface area contributed by atoms with Crippen molar-refractivity contribution in [2.75, 3.05) is 0 Å². The first-order valence-corrected chi connectivity index (χ1v) is 7.69. The van der Waals surface area contributed by atoms with Gasteiger partial charge in [0.15, 0.2) is 0 Å². The molecule has 0 bridgehead atoms. The molecule has 1 aliphatic carbocycles. The fourth-order valence-electron chi connectivity index (χ4n) is 3.44. The van der Waals surface area contributed by atoms with Gasteiger partial charge in [-0.05, 0) is 49.3 Å². The summed E-state index contributed by atoms with van der Waals surface area (Å²) in [7, 11) is 0. The number of hydrogen-bond donors (Lipinski definition) is 1. The molecule has 1 saturated carbocycles. The van der Waals surface area contributed by atoms with Gasteiger partial charge in [-0.1, -0.05) is 44.4 Å².